The fraction of sp³-hybridized carbons (Fsp3) is 0.647. The van der Waals surface area contributed by atoms with Crippen molar-refractivity contribution >= 4 is 11.4 Å². The summed E-state index contributed by atoms with van der Waals surface area (Å²) in [7, 11) is 0. The van der Waals surface area contributed by atoms with Crippen molar-refractivity contribution < 1.29 is 4.92 Å². The Hall–Kier alpha value is -1.58. The van der Waals surface area contributed by atoms with Gasteiger partial charge in [-0.25, -0.2) is 0 Å². The molecule has 2 bridgehead atoms. The Labute approximate surface area is 126 Å². The highest BCUT2D eigenvalue weighted by molar-refractivity contribution is 5.56. The Balaban J connectivity index is 1.88. The molecule has 0 aromatic heterocycles. The number of nitro benzene ring substituents is 1. The summed E-state index contributed by atoms with van der Waals surface area (Å²) < 4.78 is 0. The summed E-state index contributed by atoms with van der Waals surface area (Å²) in [4.78, 5) is 10.5. The van der Waals surface area contributed by atoms with Crippen molar-refractivity contribution in [1.82, 2.24) is 0 Å². The normalized spacial score (nSPS) is 33.1. The smallest absolute Gasteiger partial charge is 0.269 e. The molecular formula is C17H24N2O2. The molecule has 4 nitrogen and oxygen atoms in total. The van der Waals surface area contributed by atoms with Crippen molar-refractivity contribution in [2.45, 2.75) is 53.0 Å². The lowest BCUT2D eigenvalue weighted by atomic mass is 9.68. The Morgan fingerprint density at radius 1 is 1.33 bits per heavy atom. The van der Waals surface area contributed by atoms with Crippen LogP contribution in [-0.4, -0.2) is 11.0 Å². The highest BCUT2D eigenvalue weighted by atomic mass is 16.6. The first-order valence-corrected chi connectivity index (χ1v) is 7.76. The van der Waals surface area contributed by atoms with Gasteiger partial charge in [-0.2, -0.15) is 0 Å². The van der Waals surface area contributed by atoms with Gasteiger partial charge in [-0.3, -0.25) is 10.1 Å². The van der Waals surface area contributed by atoms with Crippen LogP contribution in [-0.2, 0) is 0 Å². The third-order valence-corrected chi connectivity index (χ3v) is 5.99. The molecule has 1 N–H and O–H groups in total. The molecule has 3 atom stereocenters. The molecule has 0 spiro atoms. The molecule has 0 radical (unpaired) electrons. The molecule has 0 amide bonds. The first kappa shape index (κ1) is 14.4. The van der Waals surface area contributed by atoms with E-state index in [1.54, 1.807) is 12.1 Å². The number of nitro groups is 1. The van der Waals surface area contributed by atoms with Crippen molar-refractivity contribution in [3.05, 3.63) is 33.9 Å². The first-order valence-electron chi connectivity index (χ1n) is 7.76. The summed E-state index contributed by atoms with van der Waals surface area (Å²) in [6.45, 7) is 9.05. The zero-order chi connectivity index (χ0) is 15.4. The van der Waals surface area contributed by atoms with Gasteiger partial charge >= 0.3 is 0 Å². The number of hydrogen-bond acceptors (Lipinski definition) is 3. The van der Waals surface area contributed by atoms with E-state index in [0.29, 0.717) is 11.5 Å². The van der Waals surface area contributed by atoms with Crippen molar-refractivity contribution in [2.75, 3.05) is 5.32 Å². The van der Waals surface area contributed by atoms with Gasteiger partial charge in [0.15, 0.2) is 0 Å². The minimum absolute atomic E-state index is 0.163. The number of non-ortho nitro benzene ring substituents is 1. The van der Waals surface area contributed by atoms with Crippen molar-refractivity contribution in [1.29, 1.82) is 0 Å². The number of aryl methyl sites for hydroxylation is 1. The van der Waals surface area contributed by atoms with E-state index in [9.17, 15) is 10.1 Å². The highest BCUT2D eigenvalue weighted by Crippen LogP contribution is 2.63. The molecule has 1 aromatic rings. The lowest BCUT2D eigenvalue weighted by Gasteiger charge is -2.44. The molecule has 21 heavy (non-hydrogen) atoms. The third kappa shape index (κ3) is 2.12. The molecule has 1 aromatic carbocycles. The van der Waals surface area contributed by atoms with Gasteiger partial charge in [0.2, 0.25) is 0 Å². The van der Waals surface area contributed by atoms with Gasteiger partial charge in [0.05, 0.1) is 4.92 Å². The zero-order valence-electron chi connectivity index (χ0n) is 13.3. The van der Waals surface area contributed by atoms with Gasteiger partial charge in [0.25, 0.3) is 5.69 Å². The highest BCUT2D eigenvalue weighted by Gasteiger charge is 2.59. The number of anilines is 1. The number of hydrogen-bond donors (Lipinski definition) is 1. The number of benzene rings is 1. The van der Waals surface area contributed by atoms with E-state index < -0.39 is 0 Å². The van der Waals surface area contributed by atoms with Crippen LogP contribution in [0.15, 0.2) is 18.2 Å². The average molecular weight is 288 g/mol. The van der Waals surface area contributed by atoms with E-state index in [1.165, 1.54) is 19.3 Å². The molecule has 0 heterocycles. The molecule has 0 aliphatic heterocycles. The lowest BCUT2D eigenvalue weighted by Crippen LogP contribution is -2.45. The van der Waals surface area contributed by atoms with Crippen LogP contribution < -0.4 is 5.32 Å². The van der Waals surface area contributed by atoms with Crippen LogP contribution in [0, 0.1) is 33.8 Å². The molecular weight excluding hydrogens is 264 g/mol. The Kier molecular flexibility index (Phi) is 3.05. The van der Waals surface area contributed by atoms with Gasteiger partial charge < -0.3 is 5.32 Å². The van der Waals surface area contributed by atoms with E-state index in [-0.39, 0.29) is 16.0 Å². The molecule has 1 unspecified atom stereocenters. The van der Waals surface area contributed by atoms with Crippen LogP contribution in [0.1, 0.15) is 45.6 Å². The van der Waals surface area contributed by atoms with E-state index in [0.717, 1.165) is 17.2 Å². The van der Waals surface area contributed by atoms with Gasteiger partial charge in [-0.1, -0.05) is 20.8 Å². The predicted octanol–water partition coefficient (Wildman–Crippen LogP) is 4.53. The molecule has 2 aliphatic carbocycles. The fourth-order valence-electron chi connectivity index (χ4n) is 4.74. The largest absolute Gasteiger partial charge is 0.381 e. The predicted molar refractivity (Wildman–Crippen MR) is 84.5 cm³/mol. The second kappa shape index (κ2) is 4.46. The molecule has 3 rings (SSSR count). The van der Waals surface area contributed by atoms with E-state index in [1.807, 2.05) is 13.0 Å². The van der Waals surface area contributed by atoms with Crippen LogP contribution in [0.25, 0.3) is 0 Å². The zero-order valence-corrected chi connectivity index (χ0v) is 13.3. The van der Waals surface area contributed by atoms with Gasteiger partial charge in [0, 0.05) is 23.9 Å². The number of nitrogens with one attached hydrogen (secondary N) is 1. The second-order valence-corrected chi connectivity index (χ2v) is 7.75. The molecule has 0 saturated heterocycles. The Bertz CT molecular complexity index is 592. The SMILES string of the molecule is Cc1cc([N+](=O)[O-])ccc1NC1C(C)(C)[C@H]2CC[C@]1(C)C2. The number of fused-ring (bicyclic) bond motifs is 2. The Morgan fingerprint density at radius 3 is 2.57 bits per heavy atom. The summed E-state index contributed by atoms with van der Waals surface area (Å²) >= 11 is 0. The standard InChI is InChI=1S/C17H24N2O2/c1-11-9-13(19(20)21)5-6-14(11)18-15-16(2,3)12-7-8-17(15,4)10-12/h5-6,9,12,15,18H,7-8,10H2,1-4H3/t12-,15?,17+/m0/s1. The van der Waals surface area contributed by atoms with Crippen LogP contribution in [0.5, 0.6) is 0 Å². The summed E-state index contributed by atoms with van der Waals surface area (Å²) in [6, 6.07) is 5.55. The minimum atomic E-state index is -0.334. The molecule has 2 fully saturated rings. The van der Waals surface area contributed by atoms with Crippen LogP contribution in [0.4, 0.5) is 11.4 Å². The first-order chi connectivity index (χ1) is 9.74. The van der Waals surface area contributed by atoms with Gasteiger partial charge in [-0.15, -0.1) is 0 Å². The number of nitrogens with zero attached hydrogens (tertiary/aromatic N) is 1. The monoisotopic (exact) mass is 288 g/mol. The lowest BCUT2D eigenvalue weighted by molar-refractivity contribution is -0.384. The maximum Gasteiger partial charge on any atom is 0.269 e. The summed E-state index contributed by atoms with van der Waals surface area (Å²) in [5.41, 5.74) is 2.78. The van der Waals surface area contributed by atoms with E-state index in [4.69, 9.17) is 0 Å². The fourth-order valence-corrected chi connectivity index (χ4v) is 4.74. The molecule has 4 heteroatoms. The summed E-state index contributed by atoms with van der Waals surface area (Å²) in [6.07, 6.45) is 3.91. The van der Waals surface area contributed by atoms with Crippen molar-refractivity contribution in [2.24, 2.45) is 16.7 Å². The second-order valence-electron chi connectivity index (χ2n) is 7.75. The summed E-state index contributed by atoms with van der Waals surface area (Å²) in [5.74, 6) is 0.790. The van der Waals surface area contributed by atoms with Gasteiger partial charge in [0.1, 0.15) is 0 Å². The minimum Gasteiger partial charge on any atom is -0.381 e. The Morgan fingerprint density at radius 2 is 2.05 bits per heavy atom. The summed E-state index contributed by atoms with van der Waals surface area (Å²) in [5, 5.41) is 14.6. The maximum absolute atomic E-state index is 10.9. The van der Waals surface area contributed by atoms with E-state index in [2.05, 4.69) is 26.1 Å². The molecule has 2 saturated carbocycles. The van der Waals surface area contributed by atoms with Crippen LogP contribution >= 0.6 is 0 Å². The number of rotatable bonds is 3. The van der Waals surface area contributed by atoms with Crippen molar-refractivity contribution in [3.63, 3.8) is 0 Å². The molecule has 2 aliphatic rings. The molecule has 114 valence electrons. The maximum atomic E-state index is 10.9. The van der Waals surface area contributed by atoms with Crippen LogP contribution in [0.3, 0.4) is 0 Å². The average Bonchev–Trinajstić information content (AvgIpc) is 2.87. The topological polar surface area (TPSA) is 55.2 Å². The van der Waals surface area contributed by atoms with Gasteiger partial charge in [-0.05, 0) is 54.6 Å². The van der Waals surface area contributed by atoms with Crippen molar-refractivity contribution in [3.8, 4) is 0 Å². The quantitative estimate of drug-likeness (QED) is 0.656. The van der Waals surface area contributed by atoms with Crippen LogP contribution in [0.2, 0.25) is 0 Å². The third-order valence-electron chi connectivity index (χ3n) is 5.99. The van der Waals surface area contributed by atoms with E-state index >= 15 is 0 Å².